The van der Waals surface area contributed by atoms with Gasteiger partial charge in [0.25, 0.3) is 0 Å². The van der Waals surface area contributed by atoms with Crippen molar-refractivity contribution in [3.05, 3.63) is 79.3 Å². The minimum absolute atomic E-state index is 0.105. The molecular weight excluding hydrogens is 455 g/mol. The molecular formula is C22H19NOS5. The van der Waals surface area contributed by atoms with Crippen LogP contribution < -0.4 is 0 Å². The zero-order chi connectivity index (χ0) is 20.4. The summed E-state index contributed by atoms with van der Waals surface area (Å²) in [5.41, 5.74) is 3.88. The van der Waals surface area contributed by atoms with Crippen LogP contribution in [0.4, 0.5) is 0 Å². The maximum absolute atomic E-state index is 13.2. The molecule has 1 aliphatic carbocycles. The summed E-state index contributed by atoms with van der Waals surface area (Å²) >= 11 is 9.24. The minimum Gasteiger partial charge on any atom is -0.289 e. The molecule has 148 valence electrons. The van der Waals surface area contributed by atoms with E-state index in [1.54, 1.807) is 23.5 Å². The van der Waals surface area contributed by atoms with Crippen molar-refractivity contribution in [1.29, 1.82) is 5.26 Å². The standard InChI is InChI=1S/C22H19NOS5/c1-25-20-21(27-13-7-12-23)29-22(26-2,28-20)18-14-8-3-5-10-16(14)19(24)17-11-6-4-9-15(17)18/h3-6,8-11,18H,7,13H2,1-2H3. The first-order valence-corrected chi connectivity index (χ1v) is 14.2. The summed E-state index contributed by atoms with van der Waals surface area (Å²) in [5.74, 6) is 1.04. The fourth-order valence-electron chi connectivity index (χ4n) is 3.69. The molecule has 29 heavy (non-hydrogen) atoms. The van der Waals surface area contributed by atoms with Gasteiger partial charge in [-0.2, -0.15) is 5.26 Å². The largest absolute Gasteiger partial charge is 0.289 e. The van der Waals surface area contributed by atoms with Crippen LogP contribution in [0.5, 0.6) is 0 Å². The predicted molar refractivity (Wildman–Crippen MR) is 133 cm³/mol. The van der Waals surface area contributed by atoms with Crippen LogP contribution in [0.3, 0.4) is 0 Å². The quantitative estimate of drug-likeness (QED) is 0.418. The highest BCUT2D eigenvalue weighted by Gasteiger charge is 2.51. The van der Waals surface area contributed by atoms with Crippen LogP contribution in [0.1, 0.15) is 39.4 Å². The van der Waals surface area contributed by atoms with Crippen molar-refractivity contribution >= 4 is 64.6 Å². The van der Waals surface area contributed by atoms with Crippen molar-refractivity contribution in [1.82, 2.24) is 0 Å². The smallest absolute Gasteiger partial charge is 0.193 e. The van der Waals surface area contributed by atoms with E-state index in [4.69, 9.17) is 5.26 Å². The fourth-order valence-corrected chi connectivity index (χ4v) is 11.7. The van der Waals surface area contributed by atoms with Gasteiger partial charge in [-0.3, -0.25) is 4.79 Å². The third kappa shape index (κ3) is 3.79. The molecule has 0 fully saturated rings. The van der Waals surface area contributed by atoms with Gasteiger partial charge in [-0.05, 0) is 23.6 Å². The second kappa shape index (κ2) is 9.07. The van der Waals surface area contributed by atoms with Crippen LogP contribution in [-0.4, -0.2) is 27.5 Å². The summed E-state index contributed by atoms with van der Waals surface area (Å²) in [6.45, 7) is 0. The van der Waals surface area contributed by atoms with E-state index >= 15 is 0 Å². The van der Waals surface area contributed by atoms with Crippen LogP contribution in [0.25, 0.3) is 0 Å². The van der Waals surface area contributed by atoms with E-state index in [1.165, 1.54) is 8.47 Å². The molecule has 2 aliphatic rings. The normalized spacial score (nSPS) is 21.1. The van der Waals surface area contributed by atoms with Crippen molar-refractivity contribution in [2.45, 2.75) is 15.7 Å². The molecule has 1 heterocycles. The van der Waals surface area contributed by atoms with E-state index in [0.29, 0.717) is 6.42 Å². The van der Waals surface area contributed by atoms with E-state index in [0.717, 1.165) is 28.0 Å². The van der Waals surface area contributed by atoms with Gasteiger partial charge in [0.1, 0.15) is 3.41 Å². The van der Waals surface area contributed by atoms with Crippen molar-refractivity contribution < 1.29 is 4.79 Å². The van der Waals surface area contributed by atoms with Gasteiger partial charge in [0.05, 0.1) is 14.5 Å². The lowest BCUT2D eigenvalue weighted by Crippen LogP contribution is -2.31. The lowest BCUT2D eigenvalue weighted by molar-refractivity contribution is 0.103. The molecule has 4 rings (SSSR count). The molecule has 0 saturated carbocycles. The third-order valence-corrected chi connectivity index (χ3v) is 12.9. The van der Waals surface area contributed by atoms with Crippen LogP contribution in [0, 0.1) is 11.3 Å². The number of nitriles is 1. The Bertz CT molecular complexity index is 978. The minimum atomic E-state index is -0.180. The Hall–Kier alpha value is -0.910. The van der Waals surface area contributed by atoms with Crippen LogP contribution in [-0.2, 0) is 0 Å². The zero-order valence-electron chi connectivity index (χ0n) is 16.0. The molecule has 2 aromatic rings. The van der Waals surface area contributed by atoms with E-state index in [2.05, 4.69) is 30.7 Å². The predicted octanol–water partition coefficient (Wildman–Crippen LogP) is 7.00. The number of hydrogen-bond acceptors (Lipinski definition) is 7. The summed E-state index contributed by atoms with van der Waals surface area (Å²) < 4.78 is 2.44. The molecule has 0 spiro atoms. The number of ketones is 1. The number of fused-ring (bicyclic) bond motifs is 2. The Balaban J connectivity index is 1.80. The Morgan fingerprint density at radius 3 is 2.14 bits per heavy atom. The molecule has 1 unspecified atom stereocenters. The monoisotopic (exact) mass is 473 g/mol. The molecule has 2 nitrogen and oxygen atoms in total. The van der Waals surface area contributed by atoms with Crippen LogP contribution >= 0.6 is 58.8 Å². The number of rotatable bonds is 6. The second-order valence-corrected chi connectivity index (χ2v) is 13.3. The lowest BCUT2D eigenvalue weighted by Gasteiger charge is -2.39. The number of hydrogen-bond donors (Lipinski definition) is 0. The Morgan fingerprint density at radius 2 is 1.59 bits per heavy atom. The molecule has 0 amide bonds. The maximum Gasteiger partial charge on any atom is 0.193 e. The highest BCUT2D eigenvalue weighted by atomic mass is 32.3. The molecule has 0 N–H and O–H groups in total. The summed E-state index contributed by atoms with van der Waals surface area (Å²) in [6.07, 6.45) is 4.84. The molecule has 0 radical (unpaired) electrons. The fraction of sp³-hybridized carbons (Fsp3) is 0.273. The van der Waals surface area contributed by atoms with Gasteiger partial charge >= 0.3 is 0 Å². The summed E-state index contributed by atoms with van der Waals surface area (Å²) in [7, 11) is 0. The number of carbonyl (C=O) groups excluding carboxylic acids is 1. The maximum atomic E-state index is 13.2. The Kier molecular flexibility index (Phi) is 6.67. The van der Waals surface area contributed by atoms with Crippen molar-refractivity contribution in [3.63, 3.8) is 0 Å². The number of carbonyl (C=O) groups is 1. The third-order valence-electron chi connectivity index (χ3n) is 4.94. The highest BCUT2D eigenvalue weighted by molar-refractivity contribution is 8.45. The van der Waals surface area contributed by atoms with Gasteiger partial charge in [-0.25, -0.2) is 0 Å². The van der Waals surface area contributed by atoms with Gasteiger partial charge < -0.3 is 0 Å². The van der Waals surface area contributed by atoms with Gasteiger partial charge in [0, 0.05) is 29.2 Å². The summed E-state index contributed by atoms with van der Waals surface area (Å²) in [4.78, 5) is 13.2. The molecule has 0 saturated heterocycles. The van der Waals surface area contributed by atoms with E-state index in [9.17, 15) is 4.79 Å². The summed E-state index contributed by atoms with van der Waals surface area (Å²) in [6, 6.07) is 18.4. The van der Waals surface area contributed by atoms with Gasteiger partial charge in [-0.1, -0.05) is 72.1 Å². The van der Waals surface area contributed by atoms with E-state index in [1.807, 2.05) is 71.7 Å². The molecule has 0 bridgehead atoms. The molecule has 7 heteroatoms. The zero-order valence-corrected chi connectivity index (χ0v) is 20.1. The van der Waals surface area contributed by atoms with Gasteiger partial charge in [-0.15, -0.1) is 35.3 Å². The number of thioether (sulfide) groups is 5. The average molecular weight is 474 g/mol. The average Bonchev–Trinajstić information content (AvgIpc) is 3.13. The van der Waals surface area contributed by atoms with Crippen LogP contribution in [0.2, 0.25) is 0 Å². The van der Waals surface area contributed by atoms with E-state index in [-0.39, 0.29) is 15.1 Å². The molecule has 1 atom stereocenters. The highest BCUT2D eigenvalue weighted by Crippen LogP contribution is 2.70. The Labute approximate surface area is 193 Å². The second-order valence-electron chi connectivity index (χ2n) is 6.48. The molecule has 0 aromatic heterocycles. The van der Waals surface area contributed by atoms with Crippen LogP contribution in [0.15, 0.2) is 57.0 Å². The number of nitrogens with zero attached hydrogens (tertiary/aromatic N) is 1. The lowest BCUT2D eigenvalue weighted by atomic mass is 9.78. The number of benzene rings is 2. The van der Waals surface area contributed by atoms with Crippen molar-refractivity contribution in [2.75, 3.05) is 18.3 Å². The molecule has 1 aliphatic heterocycles. The Morgan fingerprint density at radius 1 is 1.00 bits per heavy atom. The first kappa shape index (κ1) is 21.3. The van der Waals surface area contributed by atoms with Gasteiger partial charge in [0.15, 0.2) is 5.78 Å². The first-order chi connectivity index (χ1) is 14.1. The van der Waals surface area contributed by atoms with E-state index < -0.39 is 0 Å². The topological polar surface area (TPSA) is 40.9 Å². The molecule has 2 aromatic carbocycles. The van der Waals surface area contributed by atoms with Crippen molar-refractivity contribution in [2.24, 2.45) is 0 Å². The van der Waals surface area contributed by atoms with Crippen molar-refractivity contribution in [3.8, 4) is 6.07 Å². The summed E-state index contributed by atoms with van der Waals surface area (Å²) in [5, 5.41) is 8.93. The van der Waals surface area contributed by atoms with Gasteiger partial charge in [0.2, 0.25) is 0 Å². The SMILES string of the molecule is CSC1=C(SCCC#N)SC(SC)(C2c3ccccc3C(=O)c3ccccc32)S1. The first-order valence-electron chi connectivity index (χ1n) is 9.09.